The van der Waals surface area contributed by atoms with Crippen molar-refractivity contribution in [2.75, 3.05) is 4.90 Å². The van der Waals surface area contributed by atoms with Crippen LogP contribution in [0.1, 0.15) is 48.0 Å². The van der Waals surface area contributed by atoms with Crippen molar-refractivity contribution in [3.63, 3.8) is 0 Å². The Morgan fingerprint density at radius 1 is 0.972 bits per heavy atom. The van der Waals surface area contributed by atoms with Crippen molar-refractivity contribution in [1.82, 2.24) is 15.5 Å². The number of carbonyl (C=O) groups is 1. The van der Waals surface area contributed by atoms with E-state index in [1.54, 1.807) is 17.0 Å². The van der Waals surface area contributed by atoms with Crippen molar-refractivity contribution >= 4 is 17.3 Å². The summed E-state index contributed by atoms with van der Waals surface area (Å²) in [5.41, 5.74) is 7.03. The van der Waals surface area contributed by atoms with Crippen molar-refractivity contribution in [2.45, 2.75) is 40.2 Å². The number of benzene rings is 3. The molecule has 0 spiro atoms. The SMILES string of the molecule is CCc1ccc(-c2noc(C3=C(C)N(c4ccc(C)c(C)c4)C(=O)NC3c3ccc(F)cc3)n2)cc1. The van der Waals surface area contributed by atoms with Crippen LogP contribution in [0.2, 0.25) is 0 Å². The fourth-order valence-corrected chi connectivity index (χ4v) is 4.44. The Bertz CT molecular complexity index is 1460. The Morgan fingerprint density at radius 2 is 1.69 bits per heavy atom. The van der Waals surface area contributed by atoms with E-state index in [0.717, 1.165) is 28.8 Å². The topological polar surface area (TPSA) is 71.3 Å². The fourth-order valence-electron chi connectivity index (χ4n) is 4.44. The van der Waals surface area contributed by atoms with Crippen molar-refractivity contribution in [3.05, 3.63) is 106 Å². The van der Waals surface area contributed by atoms with Crippen molar-refractivity contribution in [1.29, 1.82) is 0 Å². The summed E-state index contributed by atoms with van der Waals surface area (Å²) in [6.07, 6.45) is 0.942. The first-order chi connectivity index (χ1) is 17.4. The minimum absolute atomic E-state index is 0.288. The van der Waals surface area contributed by atoms with Gasteiger partial charge in [0.2, 0.25) is 5.82 Å². The Balaban J connectivity index is 1.64. The maximum atomic E-state index is 13.7. The number of hydrogen-bond acceptors (Lipinski definition) is 4. The smallest absolute Gasteiger partial charge is 0.326 e. The Hall–Kier alpha value is -4.26. The molecule has 1 aliphatic heterocycles. The van der Waals surface area contributed by atoms with Crippen LogP contribution in [0, 0.1) is 19.7 Å². The minimum atomic E-state index is -0.586. The Kier molecular flexibility index (Phi) is 6.14. The molecular weight excluding hydrogens is 455 g/mol. The van der Waals surface area contributed by atoms with E-state index in [9.17, 15) is 9.18 Å². The standard InChI is InChI=1S/C29H27FN4O2/c1-5-20-7-9-22(10-8-20)27-32-28(36-33-27)25-19(4)34(24-15-6-17(2)18(3)16-24)29(35)31-26(25)21-11-13-23(30)14-12-21/h6-16,26H,5H2,1-4H3,(H,31,35). The third-order valence-electron chi connectivity index (χ3n) is 6.71. The van der Waals surface area contributed by atoms with E-state index >= 15 is 0 Å². The maximum Gasteiger partial charge on any atom is 0.326 e. The molecule has 5 rings (SSSR count). The molecule has 2 amide bonds. The number of halogens is 1. The predicted molar refractivity (Wildman–Crippen MR) is 138 cm³/mol. The van der Waals surface area contributed by atoms with Gasteiger partial charge in [-0.1, -0.05) is 54.5 Å². The van der Waals surface area contributed by atoms with Gasteiger partial charge in [-0.3, -0.25) is 4.90 Å². The van der Waals surface area contributed by atoms with Gasteiger partial charge in [-0.25, -0.2) is 9.18 Å². The van der Waals surface area contributed by atoms with Crippen molar-refractivity contribution in [2.24, 2.45) is 0 Å². The molecule has 3 aromatic carbocycles. The van der Waals surface area contributed by atoms with E-state index in [-0.39, 0.29) is 11.8 Å². The summed E-state index contributed by atoms with van der Waals surface area (Å²) in [5.74, 6) is 0.404. The summed E-state index contributed by atoms with van der Waals surface area (Å²) in [4.78, 5) is 19.7. The lowest BCUT2D eigenvalue weighted by Crippen LogP contribution is -2.46. The number of allylic oxidation sites excluding steroid dienone is 1. The third kappa shape index (κ3) is 4.28. The summed E-state index contributed by atoms with van der Waals surface area (Å²) >= 11 is 0. The molecule has 1 aromatic heterocycles. The Labute approximate surface area is 209 Å². The second-order valence-electron chi connectivity index (χ2n) is 9.01. The van der Waals surface area contributed by atoms with Gasteiger partial charge in [0.1, 0.15) is 5.82 Å². The van der Waals surface area contributed by atoms with E-state index in [4.69, 9.17) is 9.51 Å². The van der Waals surface area contributed by atoms with Crippen LogP contribution in [0.15, 0.2) is 77.0 Å². The average molecular weight is 483 g/mol. The second kappa shape index (κ2) is 9.41. The second-order valence-corrected chi connectivity index (χ2v) is 9.01. The van der Waals surface area contributed by atoms with E-state index in [1.807, 2.05) is 63.2 Å². The lowest BCUT2D eigenvalue weighted by molar-refractivity contribution is 0.244. The molecule has 1 atom stereocenters. The third-order valence-corrected chi connectivity index (χ3v) is 6.71. The number of hydrogen-bond donors (Lipinski definition) is 1. The number of anilines is 1. The fraction of sp³-hybridized carbons (Fsp3) is 0.207. The molecule has 0 saturated heterocycles. The number of carbonyl (C=O) groups excluding carboxylic acids is 1. The molecule has 4 aromatic rings. The monoisotopic (exact) mass is 482 g/mol. The average Bonchev–Trinajstić information content (AvgIpc) is 3.36. The van der Waals surface area contributed by atoms with Gasteiger partial charge >= 0.3 is 6.03 Å². The quantitative estimate of drug-likeness (QED) is 0.341. The number of urea groups is 1. The normalized spacial score (nSPS) is 15.9. The molecule has 1 unspecified atom stereocenters. The number of amides is 2. The van der Waals surface area contributed by atoms with Gasteiger partial charge in [0.15, 0.2) is 0 Å². The number of nitrogens with zero attached hydrogens (tertiary/aromatic N) is 3. The highest BCUT2D eigenvalue weighted by Crippen LogP contribution is 2.39. The first-order valence-electron chi connectivity index (χ1n) is 11.9. The van der Waals surface area contributed by atoms with Gasteiger partial charge in [0, 0.05) is 11.3 Å². The van der Waals surface area contributed by atoms with Crippen LogP contribution >= 0.6 is 0 Å². The van der Waals surface area contributed by atoms with Crippen molar-refractivity contribution < 1.29 is 13.7 Å². The molecule has 7 heteroatoms. The largest absolute Gasteiger partial charge is 0.334 e. The van der Waals surface area contributed by atoms with Crippen LogP contribution in [-0.2, 0) is 6.42 Å². The van der Waals surface area contributed by atoms with Gasteiger partial charge in [-0.05, 0) is 73.7 Å². The summed E-state index contributed by atoms with van der Waals surface area (Å²) in [5, 5.41) is 7.28. The van der Waals surface area contributed by atoms with Gasteiger partial charge < -0.3 is 9.84 Å². The summed E-state index contributed by atoms with van der Waals surface area (Å²) in [6, 6.07) is 19.1. The number of aryl methyl sites for hydroxylation is 3. The van der Waals surface area contributed by atoms with Crippen LogP contribution < -0.4 is 10.2 Å². The predicted octanol–water partition coefficient (Wildman–Crippen LogP) is 6.76. The lowest BCUT2D eigenvalue weighted by Gasteiger charge is -2.35. The van der Waals surface area contributed by atoms with Crippen LogP contribution in [0.5, 0.6) is 0 Å². The minimum Gasteiger partial charge on any atom is -0.334 e. The van der Waals surface area contributed by atoms with Crippen molar-refractivity contribution in [3.8, 4) is 11.4 Å². The van der Waals surface area contributed by atoms with E-state index in [0.29, 0.717) is 28.5 Å². The molecular formula is C29H27FN4O2. The highest BCUT2D eigenvalue weighted by atomic mass is 19.1. The molecule has 2 heterocycles. The first-order valence-corrected chi connectivity index (χ1v) is 11.9. The summed E-state index contributed by atoms with van der Waals surface area (Å²) in [6.45, 7) is 8.00. The molecule has 0 aliphatic carbocycles. The van der Waals surface area contributed by atoms with E-state index in [2.05, 4.69) is 17.4 Å². The highest BCUT2D eigenvalue weighted by molar-refractivity contribution is 6.01. The molecule has 182 valence electrons. The molecule has 1 aliphatic rings. The maximum absolute atomic E-state index is 13.7. The Morgan fingerprint density at radius 3 is 2.36 bits per heavy atom. The summed E-state index contributed by atoms with van der Waals surface area (Å²) < 4.78 is 19.4. The number of aromatic nitrogens is 2. The summed E-state index contributed by atoms with van der Waals surface area (Å²) in [7, 11) is 0. The molecule has 1 N–H and O–H groups in total. The van der Waals surface area contributed by atoms with Crippen LogP contribution in [-0.4, -0.2) is 16.2 Å². The van der Waals surface area contributed by atoms with Crippen LogP contribution in [0.25, 0.3) is 17.0 Å². The zero-order valence-electron chi connectivity index (χ0n) is 20.7. The first kappa shape index (κ1) is 23.5. The molecule has 36 heavy (non-hydrogen) atoms. The zero-order valence-corrected chi connectivity index (χ0v) is 20.7. The molecule has 0 saturated carbocycles. The molecule has 6 nitrogen and oxygen atoms in total. The van der Waals surface area contributed by atoms with Gasteiger partial charge in [-0.2, -0.15) is 4.98 Å². The molecule has 0 fully saturated rings. The highest BCUT2D eigenvalue weighted by Gasteiger charge is 2.36. The lowest BCUT2D eigenvalue weighted by atomic mass is 9.94. The van der Waals surface area contributed by atoms with Gasteiger partial charge in [0.25, 0.3) is 5.89 Å². The molecule has 0 radical (unpaired) electrons. The van der Waals surface area contributed by atoms with Gasteiger partial charge in [-0.15, -0.1) is 0 Å². The van der Waals surface area contributed by atoms with Crippen LogP contribution in [0.3, 0.4) is 0 Å². The van der Waals surface area contributed by atoms with Crippen LogP contribution in [0.4, 0.5) is 14.9 Å². The molecule has 0 bridgehead atoms. The van der Waals surface area contributed by atoms with E-state index in [1.165, 1.54) is 17.7 Å². The van der Waals surface area contributed by atoms with E-state index < -0.39 is 6.04 Å². The number of nitrogens with one attached hydrogen (secondary N) is 1. The van der Waals surface area contributed by atoms with Gasteiger partial charge in [0.05, 0.1) is 17.3 Å². The zero-order chi connectivity index (χ0) is 25.4. The number of rotatable bonds is 5.